The molecule has 6 nitrogen and oxygen atoms in total. The zero-order chi connectivity index (χ0) is 17.3. The molecule has 0 unspecified atom stereocenters. The van der Waals surface area contributed by atoms with Gasteiger partial charge in [-0.15, -0.1) is 0 Å². The molecule has 2 aromatic heterocycles. The van der Waals surface area contributed by atoms with E-state index in [0.717, 1.165) is 17.3 Å². The van der Waals surface area contributed by atoms with Crippen LogP contribution in [0.15, 0.2) is 53.9 Å². The van der Waals surface area contributed by atoms with Gasteiger partial charge >= 0.3 is 0 Å². The van der Waals surface area contributed by atoms with E-state index in [1.807, 2.05) is 48.7 Å². The Morgan fingerprint density at radius 2 is 1.96 bits per heavy atom. The van der Waals surface area contributed by atoms with Gasteiger partial charge in [0.05, 0.1) is 11.8 Å². The third-order valence-corrected chi connectivity index (χ3v) is 5.86. The zero-order valence-corrected chi connectivity index (χ0v) is 14.7. The van der Waals surface area contributed by atoms with Crippen LogP contribution in [0.3, 0.4) is 0 Å². The van der Waals surface area contributed by atoms with Gasteiger partial charge < -0.3 is 4.57 Å². The largest absolute Gasteiger partial charge is 0.333 e. The second kappa shape index (κ2) is 6.24. The molecule has 3 aromatic rings. The second-order valence-corrected chi connectivity index (χ2v) is 7.67. The summed E-state index contributed by atoms with van der Waals surface area (Å²) in [5.41, 5.74) is 0.752. The molecule has 0 saturated carbocycles. The Kier molecular flexibility index (Phi) is 4.28. The number of rotatable bonds is 5. The molecular weight excluding hydrogens is 324 g/mol. The van der Waals surface area contributed by atoms with Crippen molar-refractivity contribution >= 4 is 26.7 Å². The maximum absolute atomic E-state index is 12.8. The van der Waals surface area contributed by atoms with Crippen LogP contribution >= 0.6 is 0 Å². The monoisotopic (exact) mass is 344 g/mol. The number of para-hydroxylation sites is 1. The number of aromatic nitrogens is 3. The SMILES string of the molecule is CC[C@@H](C)n1cnc(S(=O)(=O)N(C)c2ccc3ccccc3n2)c1. The van der Waals surface area contributed by atoms with Gasteiger partial charge in [0.15, 0.2) is 5.03 Å². The number of imidazole rings is 1. The molecule has 0 spiro atoms. The molecule has 0 aliphatic carbocycles. The highest BCUT2D eigenvalue weighted by Crippen LogP contribution is 2.23. The molecular formula is C17H20N4O2S. The summed E-state index contributed by atoms with van der Waals surface area (Å²) in [5, 5.41) is 0.994. The fourth-order valence-electron chi connectivity index (χ4n) is 2.40. The first-order valence-corrected chi connectivity index (χ1v) is 9.25. The minimum atomic E-state index is -3.74. The van der Waals surface area contributed by atoms with Crippen molar-refractivity contribution in [3.05, 3.63) is 48.9 Å². The molecule has 7 heteroatoms. The topological polar surface area (TPSA) is 68.1 Å². The fourth-order valence-corrected chi connectivity index (χ4v) is 3.46. The van der Waals surface area contributed by atoms with Gasteiger partial charge in [0, 0.05) is 24.7 Å². The van der Waals surface area contributed by atoms with Crippen molar-refractivity contribution in [1.29, 1.82) is 0 Å². The molecule has 24 heavy (non-hydrogen) atoms. The first-order chi connectivity index (χ1) is 11.4. The van der Waals surface area contributed by atoms with E-state index in [2.05, 4.69) is 9.97 Å². The normalized spacial score (nSPS) is 13.1. The molecule has 3 rings (SSSR count). The van der Waals surface area contributed by atoms with Crippen LogP contribution in [0, 0.1) is 0 Å². The number of benzene rings is 1. The molecule has 0 radical (unpaired) electrons. The van der Waals surface area contributed by atoms with Gasteiger partial charge in [-0.05, 0) is 31.5 Å². The van der Waals surface area contributed by atoms with Crippen molar-refractivity contribution in [2.45, 2.75) is 31.3 Å². The summed E-state index contributed by atoms with van der Waals surface area (Å²) in [6.45, 7) is 4.07. The lowest BCUT2D eigenvalue weighted by atomic mass is 10.2. The maximum Gasteiger partial charge on any atom is 0.284 e. The Hall–Kier alpha value is -2.41. The van der Waals surface area contributed by atoms with E-state index in [1.165, 1.54) is 11.4 Å². The summed E-state index contributed by atoms with van der Waals surface area (Å²) in [5.74, 6) is 0.367. The smallest absolute Gasteiger partial charge is 0.284 e. The maximum atomic E-state index is 12.8. The molecule has 0 bridgehead atoms. The molecule has 0 amide bonds. The predicted octanol–water partition coefficient (Wildman–Crippen LogP) is 3.23. The summed E-state index contributed by atoms with van der Waals surface area (Å²) in [4.78, 5) is 8.51. The van der Waals surface area contributed by atoms with Gasteiger partial charge in [-0.2, -0.15) is 8.42 Å². The number of fused-ring (bicyclic) bond motifs is 1. The summed E-state index contributed by atoms with van der Waals surface area (Å²) in [6.07, 6.45) is 4.03. The number of hydrogen-bond donors (Lipinski definition) is 0. The summed E-state index contributed by atoms with van der Waals surface area (Å²) in [7, 11) is -2.25. The standard InChI is InChI=1S/C17H20N4O2S/c1-4-13(2)21-11-17(18-12-21)24(22,23)20(3)16-10-9-14-7-5-6-8-15(14)19-16/h5-13H,4H2,1-3H3/t13-/m1/s1. The minimum Gasteiger partial charge on any atom is -0.333 e. The van der Waals surface area contributed by atoms with Gasteiger partial charge in [0.1, 0.15) is 5.82 Å². The predicted molar refractivity (Wildman–Crippen MR) is 94.6 cm³/mol. The van der Waals surface area contributed by atoms with Crippen LogP contribution < -0.4 is 4.31 Å². The number of sulfonamides is 1. The first kappa shape index (κ1) is 16.4. The number of nitrogens with zero attached hydrogens (tertiary/aromatic N) is 4. The first-order valence-electron chi connectivity index (χ1n) is 7.81. The molecule has 0 aliphatic rings. The van der Waals surface area contributed by atoms with Gasteiger partial charge in [0.2, 0.25) is 0 Å². The highest BCUT2D eigenvalue weighted by Gasteiger charge is 2.25. The van der Waals surface area contributed by atoms with Crippen LogP contribution in [0.1, 0.15) is 26.3 Å². The third kappa shape index (κ3) is 2.87. The van der Waals surface area contributed by atoms with Crippen molar-refractivity contribution < 1.29 is 8.42 Å². The highest BCUT2D eigenvalue weighted by atomic mass is 32.2. The number of pyridine rings is 1. The van der Waals surface area contributed by atoms with Crippen molar-refractivity contribution in [3.63, 3.8) is 0 Å². The molecule has 0 fully saturated rings. The van der Waals surface area contributed by atoms with E-state index >= 15 is 0 Å². The lowest BCUT2D eigenvalue weighted by Gasteiger charge is -2.17. The number of hydrogen-bond acceptors (Lipinski definition) is 4. The summed E-state index contributed by atoms with van der Waals surface area (Å²) < 4.78 is 28.6. The van der Waals surface area contributed by atoms with Gasteiger partial charge in [-0.1, -0.05) is 25.1 Å². The average molecular weight is 344 g/mol. The van der Waals surface area contributed by atoms with Crippen LogP contribution in [0.2, 0.25) is 0 Å². The Morgan fingerprint density at radius 3 is 2.71 bits per heavy atom. The Labute approximate surface area is 141 Å². The van der Waals surface area contributed by atoms with Gasteiger partial charge in [-0.25, -0.2) is 9.97 Å². The van der Waals surface area contributed by atoms with E-state index in [4.69, 9.17) is 0 Å². The minimum absolute atomic E-state index is 0.0280. The van der Waals surface area contributed by atoms with Crippen molar-refractivity contribution in [1.82, 2.24) is 14.5 Å². The van der Waals surface area contributed by atoms with Crippen molar-refractivity contribution in [2.75, 3.05) is 11.4 Å². The Morgan fingerprint density at radius 1 is 1.21 bits per heavy atom. The molecule has 1 aromatic carbocycles. The van der Waals surface area contributed by atoms with Crippen LogP contribution in [-0.4, -0.2) is 30.0 Å². The van der Waals surface area contributed by atoms with Gasteiger partial charge in [0.25, 0.3) is 10.0 Å². The van der Waals surface area contributed by atoms with Crippen molar-refractivity contribution in [2.24, 2.45) is 0 Å². The summed E-state index contributed by atoms with van der Waals surface area (Å²) >= 11 is 0. The molecule has 0 N–H and O–H groups in total. The fraction of sp³-hybridized carbons (Fsp3) is 0.294. The van der Waals surface area contributed by atoms with Gasteiger partial charge in [-0.3, -0.25) is 4.31 Å². The van der Waals surface area contributed by atoms with E-state index in [9.17, 15) is 8.42 Å². The van der Waals surface area contributed by atoms with Crippen LogP contribution in [-0.2, 0) is 10.0 Å². The van der Waals surface area contributed by atoms with E-state index in [1.54, 1.807) is 18.6 Å². The van der Waals surface area contributed by atoms with Crippen molar-refractivity contribution in [3.8, 4) is 0 Å². The van der Waals surface area contributed by atoms with E-state index in [0.29, 0.717) is 5.82 Å². The molecule has 1 atom stereocenters. The quantitative estimate of drug-likeness (QED) is 0.712. The van der Waals surface area contributed by atoms with Crippen LogP contribution in [0.4, 0.5) is 5.82 Å². The van der Waals surface area contributed by atoms with E-state index in [-0.39, 0.29) is 11.1 Å². The molecule has 126 valence electrons. The number of anilines is 1. The lowest BCUT2D eigenvalue weighted by Crippen LogP contribution is -2.27. The van der Waals surface area contributed by atoms with E-state index < -0.39 is 10.0 Å². The lowest BCUT2D eigenvalue weighted by molar-refractivity contribution is 0.529. The molecule has 0 saturated heterocycles. The zero-order valence-electron chi connectivity index (χ0n) is 13.9. The second-order valence-electron chi connectivity index (χ2n) is 5.75. The average Bonchev–Trinajstić information content (AvgIpc) is 3.11. The Bertz CT molecular complexity index is 965. The third-order valence-electron chi connectivity index (χ3n) is 4.21. The highest BCUT2D eigenvalue weighted by molar-refractivity contribution is 7.92. The Balaban J connectivity index is 1.97. The summed E-state index contributed by atoms with van der Waals surface area (Å²) in [6, 6.07) is 11.4. The molecule has 2 heterocycles. The van der Waals surface area contributed by atoms with Crippen LogP contribution in [0.25, 0.3) is 10.9 Å². The van der Waals surface area contributed by atoms with Crippen LogP contribution in [0.5, 0.6) is 0 Å². The molecule has 0 aliphatic heterocycles.